The molecule has 1 aromatic carbocycles. The molecule has 1 aliphatic rings. The number of carbonyl (C=O) groups is 2. The summed E-state index contributed by atoms with van der Waals surface area (Å²) in [6.45, 7) is 1.84. The third-order valence-electron chi connectivity index (χ3n) is 2.27. The molecular weight excluding hydrogens is 267 g/mol. The van der Waals surface area contributed by atoms with Crippen LogP contribution in [0.5, 0.6) is 5.75 Å². The van der Waals surface area contributed by atoms with Crippen LogP contribution < -0.4 is 4.74 Å². The van der Waals surface area contributed by atoms with Crippen molar-refractivity contribution in [1.29, 1.82) is 0 Å². The predicted octanol–water partition coefficient (Wildman–Crippen LogP) is 2.50. The molecule has 0 saturated heterocycles. The summed E-state index contributed by atoms with van der Waals surface area (Å²) in [7, 11) is 0. The van der Waals surface area contributed by atoms with Gasteiger partial charge in [-0.2, -0.15) is 0 Å². The molecule has 0 radical (unpaired) electrons. The smallest absolute Gasteiger partial charge is 0.355 e. The van der Waals surface area contributed by atoms with Crippen LogP contribution in [0.4, 0.5) is 0 Å². The summed E-state index contributed by atoms with van der Waals surface area (Å²) in [6, 6.07) is 2.80. The van der Waals surface area contributed by atoms with Crippen molar-refractivity contribution in [2.75, 3.05) is 6.61 Å². The Morgan fingerprint density at radius 1 is 1.41 bits per heavy atom. The topological polar surface area (TPSA) is 52.6 Å². The lowest BCUT2D eigenvalue weighted by molar-refractivity contribution is -0.148. The van der Waals surface area contributed by atoms with E-state index in [1.807, 2.05) is 0 Å². The Bertz CT molecular complexity index is 498. The fourth-order valence-corrected chi connectivity index (χ4v) is 1.83. The Labute approximate surface area is 107 Å². The molecule has 0 aliphatic carbocycles. The number of rotatable bonds is 2. The van der Waals surface area contributed by atoms with Crippen LogP contribution in [0.1, 0.15) is 17.3 Å². The molecule has 0 aromatic heterocycles. The van der Waals surface area contributed by atoms with E-state index in [1.165, 1.54) is 12.1 Å². The zero-order valence-electron chi connectivity index (χ0n) is 8.83. The Kier molecular flexibility index (Phi) is 3.26. The van der Waals surface area contributed by atoms with Gasteiger partial charge in [-0.3, -0.25) is 4.79 Å². The summed E-state index contributed by atoms with van der Waals surface area (Å²) < 4.78 is 9.94. The van der Waals surface area contributed by atoms with Gasteiger partial charge in [-0.05, 0) is 13.0 Å². The van der Waals surface area contributed by atoms with E-state index in [0.717, 1.165) is 0 Å². The number of fused-ring (bicyclic) bond motifs is 1. The fraction of sp³-hybridized carbons (Fsp3) is 0.273. The summed E-state index contributed by atoms with van der Waals surface area (Å²) >= 11 is 11.6. The van der Waals surface area contributed by atoms with Crippen molar-refractivity contribution in [3.8, 4) is 5.75 Å². The largest absolute Gasteiger partial charge is 0.470 e. The van der Waals surface area contributed by atoms with Gasteiger partial charge in [0.15, 0.2) is 0 Å². The fourth-order valence-electron chi connectivity index (χ4n) is 1.51. The van der Waals surface area contributed by atoms with Gasteiger partial charge in [-0.15, -0.1) is 0 Å². The predicted molar refractivity (Wildman–Crippen MR) is 61.8 cm³/mol. The van der Waals surface area contributed by atoms with Gasteiger partial charge in [0.25, 0.3) is 6.10 Å². The second kappa shape index (κ2) is 4.55. The summed E-state index contributed by atoms with van der Waals surface area (Å²) in [5.41, 5.74) is 0.248. The van der Waals surface area contributed by atoms with Crippen LogP contribution >= 0.6 is 23.2 Å². The molecule has 0 amide bonds. The van der Waals surface area contributed by atoms with Crippen LogP contribution in [0, 0.1) is 0 Å². The minimum atomic E-state index is -1.25. The molecule has 2 rings (SSSR count). The maximum Gasteiger partial charge on any atom is 0.355 e. The van der Waals surface area contributed by atoms with Crippen LogP contribution in [-0.4, -0.2) is 24.5 Å². The highest BCUT2D eigenvalue weighted by molar-refractivity contribution is 6.42. The van der Waals surface area contributed by atoms with E-state index in [0.29, 0.717) is 0 Å². The van der Waals surface area contributed by atoms with Crippen molar-refractivity contribution in [1.82, 2.24) is 0 Å². The highest BCUT2D eigenvalue weighted by Crippen LogP contribution is 2.36. The second-order valence-electron chi connectivity index (χ2n) is 3.38. The van der Waals surface area contributed by atoms with E-state index in [-0.39, 0.29) is 28.0 Å². The third kappa shape index (κ3) is 2.10. The molecular formula is C11H8Cl2O4. The van der Waals surface area contributed by atoms with Crippen LogP contribution in [-0.2, 0) is 9.53 Å². The third-order valence-corrected chi connectivity index (χ3v) is 2.99. The molecule has 4 nitrogen and oxygen atoms in total. The van der Waals surface area contributed by atoms with E-state index < -0.39 is 17.9 Å². The number of halogens is 2. The normalized spacial score (nSPS) is 17.6. The number of esters is 1. The number of ether oxygens (including phenoxy) is 2. The number of carbonyl (C=O) groups excluding carboxylic acids is 2. The quantitative estimate of drug-likeness (QED) is 0.614. The maximum atomic E-state index is 11.8. The van der Waals surface area contributed by atoms with Crippen LogP contribution in [0.2, 0.25) is 10.0 Å². The highest BCUT2D eigenvalue weighted by atomic mass is 35.5. The Hall–Kier alpha value is -1.26. The van der Waals surface area contributed by atoms with Gasteiger partial charge < -0.3 is 9.47 Å². The molecule has 1 atom stereocenters. The zero-order chi connectivity index (χ0) is 12.6. The average Bonchev–Trinajstić information content (AvgIpc) is 2.58. The van der Waals surface area contributed by atoms with Gasteiger partial charge in [0.2, 0.25) is 5.78 Å². The Morgan fingerprint density at radius 3 is 2.71 bits per heavy atom. The minimum Gasteiger partial charge on any atom is -0.470 e. The molecule has 1 aliphatic heterocycles. The van der Waals surface area contributed by atoms with Crippen molar-refractivity contribution < 1.29 is 19.1 Å². The molecule has 1 unspecified atom stereocenters. The monoisotopic (exact) mass is 274 g/mol. The first-order chi connectivity index (χ1) is 8.04. The number of hydrogen-bond donors (Lipinski definition) is 0. The molecule has 6 heteroatoms. The average molecular weight is 275 g/mol. The molecule has 0 N–H and O–H groups in total. The van der Waals surface area contributed by atoms with E-state index in [4.69, 9.17) is 32.7 Å². The molecule has 0 saturated carbocycles. The van der Waals surface area contributed by atoms with Crippen molar-refractivity contribution in [2.24, 2.45) is 0 Å². The van der Waals surface area contributed by atoms with Crippen LogP contribution in [0.25, 0.3) is 0 Å². The number of hydrogen-bond acceptors (Lipinski definition) is 4. The summed E-state index contributed by atoms with van der Waals surface area (Å²) in [6.07, 6.45) is -1.25. The van der Waals surface area contributed by atoms with Gasteiger partial charge in [0, 0.05) is 6.07 Å². The van der Waals surface area contributed by atoms with Gasteiger partial charge in [0.05, 0.1) is 22.2 Å². The molecule has 0 fully saturated rings. The number of benzene rings is 1. The molecule has 17 heavy (non-hydrogen) atoms. The lowest BCUT2D eigenvalue weighted by atomic mass is 10.1. The van der Waals surface area contributed by atoms with Gasteiger partial charge in [0.1, 0.15) is 5.75 Å². The second-order valence-corrected chi connectivity index (χ2v) is 4.19. The standard InChI is InChI=1S/C11H8Cl2O4/c1-2-16-11(15)10-9(14)5-3-6(12)7(13)4-8(5)17-10/h3-4,10H,2H2,1H3. The Balaban J connectivity index is 2.33. The number of Topliss-reactive ketones (excluding diaryl/α,β-unsaturated/α-hetero) is 1. The Morgan fingerprint density at radius 2 is 2.06 bits per heavy atom. The number of ketones is 1. The molecule has 1 heterocycles. The first kappa shape index (κ1) is 12.2. The van der Waals surface area contributed by atoms with Gasteiger partial charge in [-0.25, -0.2) is 4.79 Å². The van der Waals surface area contributed by atoms with Crippen molar-refractivity contribution in [3.63, 3.8) is 0 Å². The molecule has 90 valence electrons. The minimum absolute atomic E-state index is 0.184. The van der Waals surface area contributed by atoms with Gasteiger partial charge in [-0.1, -0.05) is 23.2 Å². The lowest BCUT2D eigenvalue weighted by Gasteiger charge is -2.07. The van der Waals surface area contributed by atoms with Crippen molar-refractivity contribution >= 4 is 35.0 Å². The summed E-state index contributed by atoms with van der Waals surface area (Å²) in [4.78, 5) is 23.3. The summed E-state index contributed by atoms with van der Waals surface area (Å²) in [5, 5.41) is 0.509. The first-order valence-electron chi connectivity index (χ1n) is 4.91. The lowest BCUT2D eigenvalue weighted by Crippen LogP contribution is -2.32. The SMILES string of the molecule is CCOC(=O)C1Oc2cc(Cl)c(Cl)cc2C1=O. The van der Waals surface area contributed by atoms with Gasteiger partial charge >= 0.3 is 5.97 Å². The molecule has 0 bridgehead atoms. The molecule has 1 aromatic rings. The summed E-state index contributed by atoms with van der Waals surface area (Å²) in [5.74, 6) is -0.916. The van der Waals surface area contributed by atoms with E-state index >= 15 is 0 Å². The zero-order valence-corrected chi connectivity index (χ0v) is 10.3. The first-order valence-corrected chi connectivity index (χ1v) is 5.66. The van der Waals surface area contributed by atoms with Crippen LogP contribution in [0.3, 0.4) is 0 Å². The van der Waals surface area contributed by atoms with E-state index in [9.17, 15) is 9.59 Å². The van der Waals surface area contributed by atoms with E-state index in [1.54, 1.807) is 6.92 Å². The highest BCUT2D eigenvalue weighted by Gasteiger charge is 2.39. The van der Waals surface area contributed by atoms with E-state index in [2.05, 4.69) is 0 Å². The van der Waals surface area contributed by atoms with Crippen LogP contribution in [0.15, 0.2) is 12.1 Å². The van der Waals surface area contributed by atoms with Crippen molar-refractivity contribution in [3.05, 3.63) is 27.7 Å². The maximum absolute atomic E-state index is 11.8. The van der Waals surface area contributed by atoms with Crippen molar-refractivity contribution in [2.45, 2.75) is 13.0 Å². The molecule has 0 spiro atoms.